The van der Waals surface area contributed by atoms with Gasteiger partial charge in [0.2, 0.25) is 15.9 Å². The smallest absolute Gasteiger partial charge is 0.240 e. The Bertz CT molecular complexity index is 1380. The predicted octanol–water partition coefficient (Wildman–Crippen LogP) is 2.95. The highest BCUT2D eigenvalue weighted by atomic mass is 35.5. The van der Waals surface area contributed by atoms with Gasteiger partial charge in [0.25, 0.3) is 0 Å². The average Bonchev–Trinajstić information content (AvgIpc) is 3.20. The molecule has 166 valence electrons. The van der Waals surface area contributed by atoms with Gasteiger partial charge in [-0.1, -0.05) is 23.7 Å². The van der Waals surface area contributed by atoms with Crippen LogP contribution in [-0.4, -0.2) is 48.5 Å². The molecule has 9 nitrogen and oxygen atoms in total. The molecule has 0 saturated heterocycles. The van der Waals surface area contributed by atoms with Gasteiger partial charge in [0.15, 0.2) is 23.0 Å². The quantitative estimate of drug-likeness (QED) is 0.389. The lowest BCUT2D eigenvalue weighted by atomic mass is 10.2. The van der Waals surface area contributed by atoms with Crippen molar-refractivity contribution < 1.29 is 22.3 Å². The molecule has 0 aliphatic heterocycles. The number of methoxy groups -OCH3 is 1. The first-order valence-electron chi connectivity index (χ1n) is 9.32. The highest BCUT2D eigenvalue weighted by Gasteiger charge is 2.17. The van der Waals surface area contributed by atoms with Crippen LogP contribution in [0.15, 0.2) is 59.5 Å². The molecule has 2 heterocycles. The van der Waals surface area contributed by atoms with Gasteiger partial charge >= 0.3 is 0 Å². The van der Waals surface area contributed by atoms with Gasteiger partial charge in [-0.25, -0.2) is 17.5 Å². The highest BCUT2D eigenvalue weighted by molar-refractivity contribution is 7.89. The highest BCUT2D eigenvalue weighted by Crippen LogP contribution is 2.26. The van der Waals surface area contributed by atoms with Crippen molar-refractivity contribution in [2.75, 3.05) is 20.3 Å². The molecule has 0 radical (unpaired) electrons. The van der Waals surface area contributed by atoms with E-state index in [4.69, 9.17) is 21.1 Å². The molecule has 0 aliphatic carbocycles. The van der Waals surface area contributed by atoms with Crippen LogP contribution in [-0.2, 0) is 10.0 Å². The number of ether oxygens (including phenoxy) is 2. The number of fused-ring (bicyclic) bond motifs is 1. The van der Waals surface area contributed by atoms with Crippen LogP contribution >= 0.6 is 11.6 Å². The van der Waals surface area contributed by atoms with E-state index >= 15 is 0 Å². The first-order valence-corrected chi connectivity index (χ1v) is 11.2. The Morgan fingerprint density at radius 1 is 1.12 bits per heavy atom. The monoisotopic (exact) mass is 477 g/mol. The van der Waals surface area contributed by atoms with Crippen molar-refractivity contribution in [3.05, 3.63) is 65.4 Å². The standard InChI is InChI=1S/C20H17ClFN5O4S/c1-30-17-7-6-13(12-16(17)22)32(28,29)23-10-11-31-19-9-8-18-24-25-20(27(18)26-19)14-4-2-3-5-15(14)21/h2-9,12,23H,10-11H2,1H3. The van der Waals surface area contributed by atoms with Crippen LogP contribution in [0, 0.1) is 5.82 Å². The molecule has 2 aromatic carbocycles. The maximum Gasteiger partial charge on any atom is 0.240 e. The summed E-state index contributed by atoms with van der Waals surface area (Å²) in [6, 6.07) is 13.8. The summed E-state index contributed by atoms with van der Waals surface area (Å²) < 4.78 is 52.7. The lowest BCUT2D eigenvalue weighted by molar-refractivity contribution is 0.306. The van der Waals surface area contributed by atoms with Gasteiger partial charge in [-0.05, 0) is 36.4 Å². The maximum atomic E-state index is 13.8. The second-order valence-corrected chi connectivity index (χ2v) is 8.66. The lowest BCUT2D eigenvalue weighted by Gasteiger charge is -2.09. The Kier molecular flexibility index (Phi) is 6.21. The van der Waals surface area contributed by atoms with Gasteiger partial charge in [0.05, 0.1) is 17.0 Å². The molecule has 12 heteroatoms. The minimum atomic E-state index is -3.92. The number of hydrogen-bond acceptors (Lipinski definition) is 7. The number of nitrogens with zero attached hydrogens (tertiary/aromatic N) is 4. The van der Waals surface area contributed by atoms with E-state index in [2.05, 4.69) is 20.0 Å². The second kappa shape index (κ2) is 9.07. The Morgan fingerprint density at radius 3 is 2.69 bits per heavy atom. The Hall–Kier alpha value is -3.28. The van der Waals surface area contributed by atoms with E-state index in [1.54, 1.807) is 30.3 Å². The summed E-state index contributed by atoms with van der Waals surface area (Å²) in [6.07, 6.45) is 0. The number of nitrogens with one attached hydrogen (secondary N) is 1. The van der Waals surface area contributed by atoms with Crippen molar-refractivity contribution in [1.82, 2.24) is 24.5 Å². The fourth-order valence-electron chi connectivity index (χ4n) is 2.89. The lowest BCUT2D eigenvalue weighted by Crippen LogP contribution is -2.28. The second-order valence-electron chi connectivity index (χ2n) is 6.49. The van der Waals surface area contributed by atoms with Gasteiger partial charge in [0.1, 0.15) is 6.61 Å². The number of benzene rings is 2. The first-order chi connectivity index (χ1) is 15.4. The fraction of sp³-hybridized carbons (Fsp3) is 0.150. The van der Waals surface area contributed by atoms with E-state index in [0.717, 1.165) is 6.07 Å². The van der Waals surface area contributed by atoms with Crippen LogP contribution < -0.4 is 14.2 Å². The average molecular weight is 478 g/mol. The van der Waals surface area contributed by atoms with E-state index in [0.29, 0.717) is 22.1 Å². The summed E-state index contributed by atoms with van der Waals surface area (Å²) in [4.78, 5) is -0.218. The van der Waals surface area contributed by atoms with Crippen molar-refractivity contribution in [2.45, 2.75) is 4.90 Å². The predicted molar refractivity (Wildman–Crippen MR) is 115 cm³/mol. The van der Waals surface area contributed by atoms with Crippen LogP contribution in [0.3, 0.4) is 0 Å². The molecule has 1 N–H and O–H groups in total. The molecule has 0 atom stereocenters. The molecular weight excluding hydrogens is 461 g/mol. The molecular formula is C20H17ClFN5O4S. The van der Waals surface area contributed by atoms with Gasteiger partial charge in [-0.15, -0.1) is 15.3 Å². The number of halogens is 2. The number of sulfonamides is 1. The van der Waals surface area contributed by atoms with Crippen LogP contribution in [0.2, 0.25) is 5.02 Å². The molecule has 0 bridgehead atoms. The minimum absolute atomic E-state index is 0.0140. The SMILES string of the molecule is COc1ccc(S(=O)(=O)NCCOc2ccc3nnc(-c4ccccc4Cl)n3n2)cc1F. The van der Waals surface area contributed by atoms with Crippen molar-refractivity contribution in [2.24, 2.45) is 0 Å². The molecule has 0 amide bonds. The van der Waals surface area contributed by atoms with Crippen molar-refractivity contribution >= 4 is 27.3 Å². The van der Waals surface area contributed by atoms with Crippen molar-refractivity contribution in [1.29, 1.82) is 0 Å². The largest absolute Gasteiger partial charge is 0.494 e. The Balaban J connectivity index is 1.43. The molecule has 32 heavy (non-hydrogen) atoms. The third-order valence-electron chi connectivity index (χ3n) is 4.43. The van der Waals surface area contributed by atoms with E-state index in [9.17, 15) is 12.8 Å². The van der Waals surface area contributed by atoms with Crippen molar-refractivity contribution in [3.8, 4) is 23.0 Å². The summed E-state index contributed by atoms with van der Waals surface area (Å²) >= 11 is 6.24. The van der Waals surface area contributed by atoms with E-state index in [1.165, 1.54) is 23.8 Å². The zero-order valence-corrected chi connectivity index (χ0v) is 18.3. The molecule has 4 rings (SSSR count). The topological polar surface area (TPSA) is 108 Å². The summed E-state index contributed by atoms with van der Waals surface area (Å²) in [5.41, 5.74) is 1.15. The van der Waals surface area contributed by atoms with E-state index in [-0.39, 0.29) is 29.7 Å². The van der Waals surface area contributed by atoms with Crippen LogP contribution in [0.1, 0.15) is 0 Å². The number of rotatable bonds is 8. The Labute approximate surface area is 187 Å². The number of aromatic nitrogens is 4. The van der Waals surface area contributed by atoms with Gasteiger partial charge in [-0.3, -0.25) is 0 Å². The summed E-state index contributed by atoms with van der Waals surface area (Å²) in [5.74, 6) is -0.134. The summed E-state index contributed by atoms with van der Waals surface area (Å²) in [5, 5.41) is 13.0. The molecule has 0 unspecified atom stereocenters. The van der Waals surface area contributed by atoms with Crippen molar-refractivity contribution in [3.63, 3.8) is 0 Å². The summed E-state index contributed by atoms with van der Waals surface area (Å²) in [7, 11) is -2.62. The maximum absolute atomic E-state index is 13.8. The molecule has 4 aromatic rings. The minimum Gasteiger partial charge on any atom is -0.494 e. The third-order valence-corrected chi connectivity index (χ3v) is 6.22. The van der Waals surface area contributed by atoms with Gasteiger partial charge in [-0.2, -0.15) is 4.52 Å². The zero-order chi connectivity index (χ0) is 22.7. The van der Waals surface area contributed by atoms with Crippen LogP contribution in [0.5, 0.6) is 11.6 Å². The molecule has 0 saturated carbocycles. The molecule has 2 aromatic heterocycles. The number of hydrogen-bond donors (Lipinski definition) is 1. The van der Waals surface area contributed by atoms with E-state index in [1.807, 2.05) is 6.07 Å². The zero-order valence-electron chi connectivity index (χ0n) is 16.7. The fourth-order valence-corrected chi connectivity index (χ4v) is 4.13. The normalized spacial score (nSPS) is 11.6. The van der Waals surface area contributed by atoms with Gasteiger partial charge in [0, 0.05) is 18.2 Å². The molecule has 0 spiro atoms. The van der Waals surface area contributed by atoms with E-state index < -0.39 is 15.8 Å². The molecule has 0 aliphatic rings. The van der Waals surface area contributed by atoms with Gasteiger partial charge < -0.3 is 9.47 Å². The van der Waals surface area contributed by atoms with Crippen LogP contribution in [0.25, 0.3) is 17.0 Å². The Morgan fingerprint density at radius 2 is 1.94 bits per heavy atom. The third kappa shape index (κ3) is 4.49. The molecule has 0 fully saturated rings. The van der Waals surface area contributed by atoms with Crippen LogP contribution in [0.4, 0.5) is 4.39 Å². The summed E-state index contributed by atoms with van der Waals surface area (Å²) in [6.45, 7) is -0.0742. The first kappa shape index (κ1) is 21.9.